The summed E-state index contributed by atoms with van der Waals surface area (Å²) in [6.07, 6.45) is 8.87. The van der Waals surface area contributed by atoms with Gasteiger partial charge in [0.25, 0.3) is 0 Å². The second kappa shape index (κ2) is 5.99. The first-order valence-electron chi connectivity index (χ1n) is 12.6. The van der Waals surface area contributed by atoms with Crippen LogP contribution in [0, 0.1) is 11.3 Å². The molecule has 2 saturated carbocycles. The van der Waals surface area contributed by atoms with E-state index in [0.29, 0.717) is 16.6 Å². The Kier molecular flexibility index (Phi) is 4.04. The summed E-state index contributed by atoms with van der Waals surface area (Å²) in [6, 6.07) is 1.70. The zero-order chi connectivity index (χ0) is 20.2. The highest BCUT2D eigenvalue weighted by Crippen LogP contribution is 2.59. The Hall–Kier alpha value is -0.160. The molecule has 4 nitrogen and oxygen atoms in total. The lowest BCUT2D eigenvalue weighted by Gasteiger charge is -2.62. The lowest BCUT2D eigenvalue weighted by Crippen LogP contribution is -2.74. The molecule has 6 fully saturated rings. The number of hydrogen-bond acceptors (Lipinski definition) is 4. The normalized spacial score (nSPS) is 35.7. The molecule has 164 valence electrons. The van der Waals surface area contributed by atoms with Gasteiger partial charge in [-0.1, -0.05) is 0 Å². The molecule has 6 rings (SSSR count). The zero-order valence-corrected chi connectivity index (χ0v) is 19.7. The van der Waals surface area contributed by atoms with Gasteiger partial charge in [-0.05, 0) is 91.0 Å². The van der Waals surface area contributed by atoms with Gasteiger partial charge in [0.05, 0.1) is 0 Å². The van der Waals surface area contributed by atoms with Gasteiger partial charge in [0.15, 0.2) is 0 Å². The van der Waals surface area contributed by atoms with Crippen LogP contribution in [0.4, 0.5) is 0 Å². The van der Waals surface area contributed by atoms with E-state index in [2.05, 4.69) is 54.2 Å². The molecule has 0 amide bonds. The van der Waals surface area contributed by atoms with Gasteiger partial charge in [0.1, 0.15) is 0 Å². The maximum absolute atomic E-state index is 2.92. The van der Waals surface area contributed by atoms with E-state index in [1.165, 1.54) is 84.3 Å². The van der Waals surface area contributed by atoms with Crippen molar-refractivity contribution in [1.82, 2.24) is 19.6 Å². The van der Waals surface area contributed by atoms with Crippen LogP contribution in [0.25, 0.3) is 0 Å². The lowest BCUT2D eigenvalue weighted by atomic mass is 9.74. The summed E-state index contributed by atoms with van der Waals surface area (Å²) in [5, 5.41) is 0. The van der Waals surface area contributed by atoms with Crippen molar-refractivity contribution in [2.75, 3.05) is 45.8 Å². The maximum Gasteiger partial charge on any atom is 0.0356 e. The lowest BCUT2D eigenvalue weighted by molar-refractivity contribution is -0.130. The first-order chi connectivity index (χ1) is 13.6. The van der Waals surface area contributed by atoms with Gasteiger partial charge in [0, 0.05) is 68.0 Å². The van der Waals surface area contributed by atoms with Crippen molar-refractivity contribution in [3.8, 4) is 0 Å². The second-order valence-corrected chi connectivity index (χ2v) is 13.5. The molecule has 1 atom stereocenters. The van der Waals surface area contributed by atoms with Crippen molar-refractivity contribution in [3.63, 3.8) is 0 Å². The highest BCUT2D eigenvalue weighted by atomic mass is 15.4. The van der Waals surface area contributed by atoms with E-state index in [1.807, 2.05) is 0 Å². The molecular formula is C25H44N4. The third-order valence-corrected chi connectivity index (χ3v) is 10.2. The molecule has 4 heteroatoms. The number of likely N-dealkylation sites (tertiary alicyclic amines) is 4. The minimum absolute atomic E-state index is 0.349. The van der Waals surface area contributed by atoms with Gasteiger partial charge in [-0.15, -0.1) is 0 Å². The van der Waals surface area contributed by atoms with Gasteiger partial charge < -0.3 is 0 Å². The van der Waals surface area contributed by atoms with Crippen LogP contribution in [0.15, 0.2) is 0 Å². The minimum atomic E-state index is 0.349. The van der Waals surface area contributed by atoms with E-state index in [4.69, 9.17) is 0 Å². The van der Waals surface area contributed by atoms with Crippen molar-refractivity contribution in [1.29, 1.82) is 0 Å². The Morgan fingerprint density at radius 1 is 0.759 bits per heavy atom. The molecular weight excluding hydrogens is 356 g/mol. The van der Waals surface area contributed by atoms with E-state index in [-0.39, 0.29) is 0 Å². The fraction of sp³-hybridized carbons (Fsp3) is 1.00. The Labute approximate surface area is 179 Å². The summed E-state index contributed by atoms with van der Waals surface area (Å²) in [7, 11) is 0. The minimum Gasteiger partial charge on any atom is -0.297 e. The number of rotatable bonds is 5. The van der Waals surface area contributed by atoms with Gasteiger partial charge in [-0.2, -0.15) is 0 Å². The predicted octanol–water partition coefficient (Wildman–Crippen LogP) is 3.27. The van der Waals surface area contributed by atoms with Gasteiger partial charge in [-0.3, -0.25) is 19.6 Å². The first-order valence-corrected chi connectivity index (χ1v) is 12.6. The molecule has 0 bridgehead atoms. The van der Waals surface area contributed by atoms with Crippen molar-refractivity contribution < 1.29 is 0 Å². The maximum atomic E-state index is 2.92. The standard InChI is InChI=1S/C25H44N4/c1-22(2,3)27-16-21(17-27)29-13-19(25(29)8-9-25)12-23(4,5)28-14-20(15-28)26-11-10-24(18-26)6-7-24/h19-21H,6-18H2,1-5H3. The zero-order valence-electron chi connectivity index (χ0n) is 19.7. The summed E-state index contributed by atoms with van der Waals surface area (Å²) < 4.78 is 0. The van der Waals surface area contributed by atoms with E-state index < -0.39 is 0 Å². The Balaban J connectivity index is 0.997. The molecule has 0 radical (unpaired) electrons. The van der Waals surface area contributed by atoms with Crippen LogP contribution in [-0.2, 0) is 0 Å². The molecule has 1 unspecified atom stereocenters. The van der Waals surface area contributed by atoms with E-state index >= 15 is 0 Å². The van der Waals surface area contributed by atoms with Crippen molar-refractivity contribution in [3.05, 3.63) is 0 Å². The van der Waals surface area contributed by atoms with Crippen molar-refractivity contribution in [2.45, 2.75) is 102 Å². The Bertz CT molecular complexity index is 659. The van der Waals surface area contributed by atoms with E-state index in [0.717, 1.165) is 23.4 Å². The molecule has 29 heavy (non-hydrogen) atoms. The van der Waals surface area contributed by atoms with Crippen LogP contribution in [0.1, 0.15) is 73.1 Å². The molecule has 0 N–H and O–H groups in total. The smallest absolute Gasteiger partial charge is 0.0356 e. The van der Waals surface area contributed by atoms with Crippen LogP contribution in [0.5, 0.6) is 0 Å². The Morgan fingerprint density at radius 3 is 1.97 bits per heavy atom. The SMILES string of the molecule is CC(C)(C)N1CC(N2CC(CC(C)(C)N3CC(N4CCC5(CC5)C4)C3)C23CC3)C1. The fourth-order valence-corrected chi connectivity index (χ4v) is 7.28. The fourth-order valence-electron chi connectivity index (χ4n) is 7.28. The summed E-state index contributed by atoms with van der Waals surface area (Å²) in [5.74, 6) is 0.946. The molecule has 0 aromatic carbocycles. The van der Waals surface area contributed by atoms with Crippen LogP contribution in [0.2, 0.25) is 0 Å². The molecule has 0 aromatic rings. The molecule has 4 saturated heterocycles. The third kappa shape index (κ3) is 3.07. The monoisotopic (exact) mass is 400 g/mol. The summed E-state index contributed by atoms with van der Waals surface area (Å²) in [4.78, 5) is 11.2. The second-order valence-electron chi connectivity index (χ2n) is 13.5. The molecule has 2 aliphatic carbocycles. The predicted molar refractivity (Wildman–Crippen MR) is 119 cm³/mol. The van der Waals surface area contributed by atoms with Crippen molar-refractivity contribution >= 4 is 0 Å². The van der Waals surface area contributed by atoms with Gasteiger partial charge in [-0.25, -0.2) is 0 Å². The topological polar surface area (TPSA) is 13.0 Å². The first kappa shape index (κ1) is 19.5. The van der Waals surface area contributed by atoms with Crippen molar-refractivity contribution in [2.24, 2.45) is 11.3 Å². The largest absolute Gasteiger partial charge is 0.297 e. The van der Waals surface area contributed by atoms with Crippen LogP contribution < -0.4 is 0 Å². The molecule has 4 heterocycles. The summed E-state index contributed by atoms with van der Waals surface area (Å²) >= 11 is 0. The molecule has 4 aliphatic heterocycles. The quantitative estimate of drug-likeness (QED) is 0.702. The highest BCUT2D eigenvalue weighted by molar-refractivity contribution is 5.21. The average molecular weight is 401 g/mol. The summed E-state index contributed by atoms with van der Waals surface area (Å²) in [6.45, 7) is 21.6. The molecule has 2 spiro atoms. The molecule has 0 aromatic heterocycles. The van der Waals surface area contributed by atoms with Gasteiger partial charge in [0.2, 0.25) is 0 Å². The average Bonchev–Trinajstić information content (AvgIpc) is 3.40. The van der Waals surface area contributed by atoms with Crippen LogP contribution in [0.3, 0.4) is 0 Å². The van der Waals surface area contributed by atoms with E-state index in [9.17, 15) is 0 Å². The highest BCUT2D eigenvalue weighted by Gasteiger charge is 2.65. The van der Waals surface area contributed by atoms with Crippen LogP contribution in [-0.4, -0.2) is 94.1 Å². The van der Waals surface area contributed by atoms with Crippen LogP contribution >= 0.6 is 0 Å². The van der Waals surface area contributed by atoms with Gasteiger partial charge >= 0.3 is 0 Å². The van der Waals surface area contributed by atoms with E-state index in [1.54, 1.807) is 0 Å². The number of hydrogen-bond donors (Lipinski definition) is 0. The summed E-state index contributed by atoms with van der Waals surface area (Å²) in [5.41, 5.74) is 2.14. The number of nitrogens with zero attached hydrogens (tertiary/aromatic N) is 4. The Morgan fingerprint density at radius 2 is 1.41 bits per heavy atom. The third-order valence-electron chi connectivity index (χ3n) is 10.2. The molecule has 6 aliphatic rings.